The highest BCUT2D eigenvalue weighted by Crippen LogP contribution is 2.15. The molecule has 0 atom stereocenters. The van der Waals surface area contributed by atoms with E-state index in [1.807, 2.05) is 0 Å². The standard InChI is InChI=1S/C15H19N7O4/c1-21-7-8(5-10(21)13(23)18-4-3-12(16)17)19-14(24)11-6-9(15(25)26)20-22(11)2/h5-7H,3-4H2,1-2H3,(H3,16,17)(H,18,23)(H,19,24)(H,25,26). The van der Waals surface area contributed by atoms with Gasteiger partial charge in [0.1, 0.15) is 11.4 Å². The summed E-state index contributed by atoms with van der Waals surface area (Å²) in [6, 6.07) is 2.64. The molecule has 0 aliphatic rings. The summed E-state index contributed by atoms with van der Waals surface area (Å²) in [6.07, 6.45) is 1.79. The first-order chi connectivity index (χ1) is 12.2. The van der Waals surface area contributed by atoms with E-state index >= 15 is 0 Å². The summed E-state index contributed by atoms with van der Waals surface area (Å²) in [6.45, 7) is 0.230. The van der Waals surface area contributed by atoms with Crippen molar-refractivity contribution in [3.63, 3.8) is 0 Å². The summed E-state index contributed by atoms with van der Waals surface area (Å²) < 4.78 is 2.70. The summed E-state index contributed by atoms with van der Waals surface area (Å²) >= 11 is 0. The first-order valence-corrected chi connectivity index (χ1v) is 7.55. The van der Waals surface area contributed by atoms with Gasteiger partial charge in [-0.2, -0.15) is 5.10 Å². The number of nitrogens with one attached hydrogen (secondary N) is 3. The topological polar surface area (TPSA) is 168 Å². The molecular formula is C15H19N7O4. The number of carbonyl (C=O) groups is 3. The molecule has 0 bridgehead atoms. The molecule has 26 heavy (non-hydrogen) atoms. The number of amidine groups is 1. The predicted molar refractivity (Wildman–Crippen MR) is 92.4 cm³/mol. The summed E-state index contributed by atoms with van der Waals surface area (Å²) in [5.41, 5.74) is 5.73. The molecule has 11 heteroatoms. The third-order valence-corrected chi connectivity index (χ3v) is 3.51. The Balaban J connectivity index is 2.09. The molecule has 0 saturated carbocycles. The van der Waals surface area contributed by atoms with Crippen LogP contribution in [0.25, 0.3) is 0 Å². The van der Waals surface area contributed by atoms with E-state index in [4.69, 9.17) is 16.2 Å². The molecule has 2 aromatic heterocycles. The van der Waals surface area contributed by atoms with Crippen LogP contribution in [0.3, 0.4) is 0 Å². The van der Waals surface area contributed by atoms with Crippen LogP contribution in [-0.4, -0.2) is 49.6 Å². The Hall–Kier alpha value is -3.63. The zero-order chi connectivity index (χ0) is 19.4. The highest BCUT2D eigenvalue weighted by atomic mass is 16.4. The van der Waals surface area contributed by atoms with Crippen LogP contribution in [0, 0.1) is 5.41 Å². The number of aromatic nitrogens is 3. The highest BCUT2D eigenvalue weighted by molar-refractivity contribution is 6.05. The van der Waals surface area contributed by atoms with Crippen molar-refractivity contribution < 1.29 is 19.5 Å². The number of carboxylic acids is 1. The van der Waals surface area contributed by atoms with Gasteiger partial charge in [0.25, 0.3) is 11.8 Å². The number of carboxylic acid groups (broad SMARTS) is 1. The normalized spacial score (nSPS) is 10.4. The molecule has 0 aromatic carbocycles. The second kappa shape index (κ2) is 7.51. The van der Waals surface area contributed by atoms with Gasteiger partial charge in [-0.25, -0.2) is 4.79 Å². The fourth-order valence-electron chi connectivity index (χ4n) is 2.24. The van der Waals surface area contributed by atoms with E-state index in [2.05, 4.69) is 15.7 Å². The maximum Gasteiger partial charge on any atom is 0.356 e. The lowest BCUT2D eigenvalue weighted by Gasteiger charge is -2.04. The van der Waals surface area contributed by atoms with Gasteiger partial charge >= 0.3 is 5.97 Å². The van der Waals surface area contributed by atoms with E-state index in [1.54, 1.807) is 13.2 Å². The van der Waals surface area contributed by atoms with Gasteiger partial charge in [-0.15, -0.1) is 0 Å². The SMILES string of the molecule is Cn1cc(NC(=O)c2cc(C(=O)O)nn2C)cc1C(=O)NCCC(=N)N. The number of aromatic carboxylic acids is 1. The molecule has 0 spiro atoms. The third-order valence-electron chi connectivity index (χ3n) is 3.51. The largest absolute Gasteiger partial charge is 0.476 e. The van der Waals surface area contributed by atoms with Crippen molar-refractivity contribution in [2.75, 3.05) is 11.9 Å². The number of amides is 2. The number of nitrogens with zero attached hydrogens (tertiary/aromatic N) is 3. The molecule has 2 rings (SSSR count). The van der Waals surface area contributed by atoms with Crippen LogP contribution in [0.1, 0.15) is 37.9 Å². The first kappa shape index (κ1) is 18.7. The summed E-state index contributed by atoms with van der Waals surface area (Å²) in [4.78, 5) is 35.3. The Morgan fingerprint density at radius 2 is 1.92 bits per heavy atom. The smallest absolute Gasteiger partial charge is 0.356 e. The van der Waals surface area contributed by atoms with Crippen molar-refractivity contribution in [1.82, 2.24) is 19.7 Å². The second-order valence-corrected chi connectivity index (χ2v) is 5.55. The molecule has 0 saturated heterocycles. The Morgan fingerprint density at radius 1 is 1.23 bits per heavy atom. The highest BCUT2D eigenvalue weighted by Gasteiger charge is 2.18. The van der Waals surface area contributed by atoms with Gasteiger partial charge in [0.2, 0.25) is 0 Å². The van der Waals surface area contributed by atoms with E-state index in [1.165, 1.54) is 17.7 Å². The van der Waals surface area contributed by atoms with Crippen LogP contribution in [0.5, 0.6) is 0 Å². The van der Waals surface area contributed by atoms with Gasteiger partial charge < -0.3 is 26.0 Å². The fourth-order valence-corrected chi connectivity index (χ4v) is 2.24. The lowest BCUT2D eigenvalue weighted by molar-refractivity contribution is 0.0689. The number of hydrogen-bond donors (Lipinski definition) is 5. The van der Waals surface area contributed by atoms with Crippen molar-refractivity contribution >= 4 is 29.3 Å². The number of rotatable bonds is 7. The minimum absolute atomic E-state index is 0.0259. The van der Waals surface area contributed by atoms with Gasteiger partial charge in [-0.1, -0.05) is 0 Å². The monoisotopic (exact) mass is 361 g/mol. The maximum absolute atomic E-state index is 12.3. The van der Waals surface area contributed by atoms with Gasteiger partial charge in [0.05, 0.1) is 11.5 Å². The van der Waals surface area contributed by atoms with Crippen LogP contribution in [0.4, 0.5) is 5.69 Å². The lowest BCUT2D eigenvalue weighted by Crippen LogP contribution is -2.28. The molecular weight excluding hydrogens is 342 g/mol. The molecule has 0 fully saturated rings. The van der Waals surface area contributed by atoms with Crippen LogP contribution in [0.15, 0.2) is 18.3 Å². The fraction of sp³-hybridized carbons (Fsp3) is 0.267. The average molecular weight is 361 g/mol. The van der Waals surface area contributed by atoms with E-state index < -0.39 is 11.9 Å². The number of nitrogens with two attached hydrogens (primary N) is 1. The Bertz CT molecular complexity index is 881. The number of hydrogen-bond acceptors (Lipinski definition) is 5. The Morgan fingerprint density at radius 3 is 2.50 bits per heavy atom. The molecule has 138 valence electrons. The molecule has 11 nitrogen and oxygen atoms in total. The van der Waals surface area contributed by atoms with Gasteiger partial charge in [-0.3, -0.25) is 19.7 Å². The zero-order valence-electron chi connectivity index (χ0n) is 14.2. The molecule has 0 aliphatic heterocycles. The van der Waals surface area contributed by atoms with E-state index in [-0.39, 0.29) is 36.1 Å². The van der Waals surface area contributed by atoms with E-state index in [0.29, 0.717) is 11.4 Å². The van der Waals surface area contributed by atoms with Crippen LogP contribution in [0.2, 0.25) is 0 Å². The van der Waals surface area contributed by atoms with Crippen LogP contribution < -0.4 is 16.4 Å². The van der Waals surface area contributed by atoms with Crippen molar-refractivity contribution in [2.24, 2.45) is 19.8 Å². The number of aryl methyl sites for hydroxylation is 2. The van der Waals surface area contributed by atoms with Crippen molar-refractivity contribution in [3.05, 3.63) is 35.4 Å². The predicted octanol–water partition coefficient (Wildman–Crippen LogP) is -0.235. The average Bonchev–Trinajstić information content (AvgIpc) is 3.10. The molecule has 0 unspecified atom stereocenters. The second-order valence-electron chi connectivity index (χ2n) is 5.55. The Kier molecular flexibility index (Phi) is 5.40. The Labute approximate surface area is 148 Å². The van der Waals surface area contributed by atoms with Crippen molar-refractivity contribution in [3.8, 4) is 0 Å². The molecule has 6 N–H and O–H groups in total. The number of anilines is 1. The molecule has 0 radical (unpaired) electrons. The van der Waals surface area contributed by atoms with Gasteiger partial charge in [0, 0.05) is 39.3 Å². The lowest BCUT2D eigenvalue weighted by atomic mass is 10.3. The minimum atomic E-state index is -1.23. The van der Waals surface area contributed by atoms with E-state index in [9.17, 15) is 14.4 Å². The maximum atomic E-state index is 12.3. The molecule has 2 aromatic rings. The molecule has 2 heterocycles. The first-order valence-electron chi connectivity index (χ1n) is 7.55. The summed E-state index contributed by atoms with van der Waals surface area (Å²) in [7, 11) is 3.10. The van der Waals surface area contributed by atoms with Crippen LogP contribution >= 0.6 is 0 Å². The summed E-state index contributed by atoms with van der Waals surface area (Å²) in [5, 5.41) is 25.0. The van der Waals surface area contributed by atoms with Crippen molar-refractivity contribution in [1.29, 1.82) is 5.41 Å². The third kappa shape index (κ3) is 4.26. The molecule has 0 aliphatic carbocycles. The number of carbonyl (C=O) groups excluding carboxylic acids is 2. The van der Waals surface area contributed by atoms with Gasteiger partial charge in [-0.05, 0) is 6.07 Å². The molecule has 2 amide bonds. The summed E-state index contributed by atoms with van der Waals surface area (Å²) in [5.74, 6) is -2.18. The van der Waals surface area contributed by atoms with Gasteiger partial charge in [0.15, 0.2) is 5.69 Å². The zero-order valence-corrected chi connectivity index (χ0v) is 14.2. The van der Waals surface area contributed by atoms with Crippen LogP contribution in [-0.2, 0) is 14.1 Å². The van der Waals surface area contributed by atoms with E-state index in [0.717, 1.165) is 10.7 Å². The minimum Gasteiger partial charge on any atom is -0.476 e. The van der Waals surface area contributed by atoms with Crippen molar-refractivity contribution in [2.45, 2.75) is 6.42 Å². The quantitative estimate of drug-likeness (QED) is 0.337.